The van der Waals surface area contributed by atoms with Gasteiger partial charge in [0.2, 0.25) is 0 Å². The maximum atomic E-state index is 5.39. The van der Waals surface area contributed by atoms with Crippen LogP contribution in [0.4, 0.5) is 0 Å². The second-order valence-corrected chi connectivity index (χ2v) is 14.9. The molecule has 0 bridgehead atoms. The third kappa shape index (κ3) is 5.58. The number of benzene rings is 2. The van der Waals surface area contributed by atoms with Crippen LogP contribution >= 0.6 is 0 Å². The fourth-order valence-electron chi connectivity index (χ4n) is 6.73. The Morgan fingerprint density at radius 3 is 1.27 bits per heavy atom. The molecule has 0 N–H and O–H groups in total. The molecule has 48 heavy (non-hydrogen) atoms. The molecule has 2 aromatic carbocycles. The zero-order valence-electron chi connectivity index (χ0n) is 28.2. The molecule has 0 atom stereocenters. The van der Waals surface area contributed by atoms with Gasteiger partial charge in [0.15, 0.2) is 0 Å². The third-order valence-electron chi connectivity index (χ3n) is 9.28. The van der Waals surface area contributed by atoms with Gasteiger partial charge >= 0.3 is 21.1 Å². The second-order valence-electron chi connectivity index (χ2n) is 14.9. The molecule has 6 nitrogen and oxygen atoms in total. The van der Waals surface area contributed by atoms with Crippen molar-refractivity contribution in [1.82, 2.24) is 29.5 Å². The number of hydrogen-bond donors (Lipinski definition) is 0. The van der Waals surface area contributed by atoms with Crippen molar-refractivity contribution in [3.63, 3.8) is 0 Å². The molecule has 6 aromatic rings. The van der Waals surface area contributed by atoms with Crippen molar-refractivity contribution in [3.8, 4) is 11.6 Å². The molecular formula is C41H44N6Pt. The molecule has 4 heterocycles. The maximum absolute atomic E-state index is 5.39. The van der Waals surface area contributed by atoms with E-state index in [4.69, 9.17) is 20.2 Å². The number of nitrogens with zero attached hydrogens (tertiary/aromatic N) is 6. The Kier molecular flexibility index (Phi) is 9.07. The van der Waals surface area contributed by atoms with E-state index in [0.717, 1.165) is 33.9 Å². The van der Waals surface area contributed by atoms with Crippen molar-refractivity contribution in [2.45, 2.75) is 84.5 Å². The Hall–Kier alpha value is -4.15. The number of aromatic nitrogens is 6. The van der Waals surface area contributed by atoms with Crippen LogP contribution in [0.2, 0.25) is 0 Å². The van der Waals surface area contributed by atoms with Crippen molar-refractivity contribution in [2.75, 3.05) is 0 Å². The summed E-state index contributed by atoms with van der Waals surface area (Å²) in [5.74, 6) is 1.41. The van der Waals surface area contributed by atoms with E-state index in [-0.39, 0.29) is 44.7 Å². The average molecular weight is 816 g/mol. The SMILES string of the molecule is C.CC(C)(C)c1c[c-]n(-c2cccc(C3(c4cccc(-n5[c-]cc(C(C)(C)C)n5)n4)c4ccccc4C(C)(C)c4ccccc43)n2)n1.[Pt+2]. The monoisotopic (exact) mass is 815 g/mol. The third-order valence-corrected chi connectivity index (χ3v) is 9.28. The molecule has 248 valence electrons. The van der Waals surface area contributed by atoms with Crippen LogP contribution in [0, 0.1) is 12.4 Å². The summed E-state index contributed by atoms with van der Waals surface area (Å²) in [6.07, 6.45) is 6.64. The van der Waals surface area contributed by atoms with E-state index in [2.05, 4.69) is 141 Å². The van der Waals surface area contributed by atoms with Crippen molar-refractivity contribution in [3.05, 3.63) is 154 Å². The molecule has 0 fully saturated rings. The first-order valence-electron chi connectivity index (χ1n) is 15.9. The van der Waals surface area contributed by atoms with Crippen molar-refractivity contribution >= 4 is 0 Å². The van der Waals surface area contributed by atoms with E-state index in [1.807, 2.05) is 24.3 Å². The Morgan fingerprint density at radius 2 is 0.917 bits per heavy atom. The molecule has 0 unspecified atom stereocenters. The first-order valence-corrected chi connectivity index (χ1v) is 15.9. The van der Waals surface area contributed by atoms with Gasteiger partial charge in [-0.25, -0.2) is 0 Å². The van der Waals surface area contributed by atoms with Gasteiger partial charge in [-0.15, -0.1) is 12.1 Å². The molecule has 7 heteroatoms. The smallest absolute Gasteiger partial charge is 0.343 e. The van der Waals surface area contributed by atoms with Crippen LogP contribution in [-0.4, -0.2) is 29.5 Å². The summed E-state index contributed by atoms with van der Waals surface area (Å²) in [5, 5.41) is 9.78. The predicted octanol–water partition coefficient (Wildman–Crippen LogP) is 8.70. The number of rotatable bonds is 4. The minimum absolute atomic E-state index is 0. The molecule has 0 spiro atoms. The van der Waals surface area contributed by atoms with E-state index in [9.17, 15) is 0 Å². The summed E-state index contributed by atoms with van der Waals surface area (Å²) in [6.45, 7) is 17.6. The molecule has 7 rings (SSSR count). The van der Waals surface area contributed by atoms with Crippen LogP contribution < -0.4 is 0 Å². The van der Waals surface area contributed by atoms with Gasteiger partial charge in [-0.2, -0.15) is 0 Å². The first kappa shape index (κ1) is 35.2. The van der Waals surface area contributed by atoms with E-state index in [1.54, 1.807) is 9.36 Å². The summed E-state index contributed by atoms with van der Waals surface area (Å²) < 4.78 is 3.53. The summed E-state index contributed by atoms with van der Waals surface area (Å²) in [5.41, 5.74) is 7.20. The standard InChI is InChI=1S/C40H40N6.CH4.Pt/c1-37(2,3)31-23-25-45(43-31)35-21-13-19-33(41-35)40(34-20-14-22-36(42-34)46-26-24-32(44-46)38(4,5)6)29-17-11-9-15-27(29)39(7,8)28-16-10-12-18-30(28)40;;/h9-24H,1-8H3;1H4;/q-2;;+2. The molecular weight excluding hydrogens is 772 g/mol. The van der Waals surface area contributed by atoms with Gasteiger partial charge in [0, 0.05) is 16.8 Å². The van der Waals surface area contributed by atoms with E-state index in [0.29, 0.717) is 11.6 Å². The van der Waals surface area contributed by atoms with E-state index in [1.165, 1.54) is 11.1 Å². The first-order chi connectivity index (χ1) is 21.8. The molecule has 0 radical (unpaired) electrons. The largest absolute Gasteiger partial charge is 2.00 e. The van der Waals surface area contributed by atoms with Crippen LogP contribution in [0.25, 0.3) is 11.6 Å². The van der Waals surface area contributed by atoms with Gasteiger partial charge in [-0.3, -0.25) is 20.2 Å². The summed E-state index contributed by atoms with van der Waals surface area (Å²) in [7, 11) is 0. The van der Waals surface area contributed by atoms with Crippen LogP contribution in [-0.2, 0) is 42.7 Å². The molecule has 1 aliphatic rings. The zero-order chi connectivity index (χ0) is 32.5. The molecule has 0 amide bonds. The molecule has 4 aromatic heterocycles. The molecule has 0 aliphatic heterocycles. The van der Waals surface area contributed by atoms with Gasteiger partial charge in [0.1, 0.15) is 5.41 Å². The van der Waals surface area contributed by atoms with Crippen LogP contribution in [0.1, 0.15) is 108 Å². The number of pyridine rings is 2. The van der Waals surface area contributed by atoms with Crippen molar-refractivity contribution in [1.29, 1.82) is 0 Å². The van der Waals surface area contributed by atoms with Crippen LogP contribution in [0.5, 0.6) is 0 Å². The van der Waals surface area contributed by atoms with Crippen molar-refractivity contribution < 1.29 is 21.1 Å². The van der Waals surface area contributed by atoms with Gasteiger partial charge in [0.05, 0.1) is 11.6 Å². The second kappa shape index (κ2) is 12.4. The Bertz CT molecular complexity index is 1920. The Labute approximate surface area is 300 Å². The summed E-state index contributed by atoms with van der Waals surface area (Å²) in [6, 6.07) is 33.8. The quantitative estimate of drug-likeness (QED) is 0.167. The summed E-state index contributed by atoms with van der Waals surface area (Å²) >= 11 is 0. The number of fused-ring (bicyclic) bond motifs is 2. The topological polar surface area (TPSA) is 61.4 Å². The van der Waals surface area contributed by atoms with E-state index >= 15 is 0 Å². The fourth-order valence-corrected chi connectivity index (χ4v) is 6.73. The fraction of sp³-hybridized carbons (Fsp3) is 0.317. The van der Waals surface area contributed by atoms with Gasteiger partial charge in [-0.05, 0) is 56.6 Å². The van der Waals surface area contributed by atoms with Crippen molar-refractivity contribution in [2.24, 2.45) is 0 Å². The number of hydrogen-bond acceptors (Lipinski definition) is 4. The van der Waals surface area contributed by atoms with Crippen LogP contribution in [0.3, 0.4) is 0 Å². The maximum Gasteiger partial charge on any atom is 2.00 e. The van der Waals surface area contributed by atoms with Gasteiger partial charge < -0.3 is 9.36 Å². The Morgan fingerprint density at radius 1 is 0.542 bits per heavy atom. The van der Waals surface area contributed by atoms with Crippen LogP contribution in [0.15, 0.2) is 97.1 Å². The minimum atomic E-state index is -0.825. The predicted molar refractivity (Wildman–Crippen MR) is 189 cm³/mol. The van der Waals surface area contributed by atoms with Gasteiger partial charge in [0.25, 0.3) is 0 Å². The Balaban J connectivity index is 0.00000225. The van der Waals surface area contributed by atoms with Gasteiger partial charge in [-0.1, -0.05) is 148 Å². The molecule has 0 saturated heterocycles. The molecule has 1 aliphatic carbocycles. The minimum Gasteiger partial charge on any atom is -0.343 e. The van der Waals surface area contributed by atoms with E-state index < -0.39 is 5.41 Å². The summed E-state index contributed by atoms with van der Waals surface area (Å²) in [4.78, 5) is 10.8. The normalized spacial score (nSPS) is 14.7. The molecule has 0 saturated carbocycles. The average Bonchev–Trinajstić information content (AvgIpc) is 3.74. The zero-order valence-corrected chi connectivity index (χ0v) is 30.5.